The van der Waals surface area contributed by atoms with Crippen LogP contribution in [0.3, 0.4) is 0 Å². The monoisotopic (exact) mass is 267 g/mol. The Hall–Kier alpha value is -2.27. The smallest absolute Gasteiger partial charge is 0.148 e. The van der Waals surface area contributed by atoms with E-state index >= 15 is 0 Å². The maximum atomic E-state index is 10.2. The second-order valence-corrected chi connectivity index (χ2v) is 5.49. The van der Waals surface area contributed by atoms with Gasteiger partial charge < -0.3 is 5.11 Å². The number of benzene rings is 2. The first-order valence-corrected chi connectivity index (χ1v) is 6.69. The molecule has 0 spiro atoms. The van der Waals surface area contributed by atoms with E-state index in [1.165, 1.54) is 0 Å². The van der Waals surface area contributed by atoms with Crippen LogP contribution in [0.15, 0.2) is 30.5 Å². The maximum absolute atomic E-state index is 10.2. The minimum Gasteiger partial charge on any atom is -0.505 e. The van der Waals surface area contributed by atoms with E-state index in [-0.39, 0.29) is 5.75 Å². The van der Waals surface area contributed by atoms with Crippen molar-refractivity contribution in [2.45, 2.75) is 6.92 Å². The summed E-state index contributed by atoms with van der Waals surface area (Å²) in [5.74, 6) is 0.202. The Morgan fingerprint density at radius 2 is 2.00 bits per heavy atom. The molecule has 2 heterocycles. The lowest BCUT2D eigenvalue weighted by atomic mass is 10.1. The summed E-state index contributed by atoms with van der Waals surface area (Å²) in [6.45, 7) is 1.89. The lowest BCUT2D eigenvalue weighted by Crippen LogP contribution is -1.86. The zero-order valence-corrected chi connectivity index (χ0v) is 10.9. The molecule has 0 unspecified atom stereocenters. The second kappa shape index (κ2) is 3.61. The van der Waals surface area contributed by atoms with Crippen LogP contribution in [0, 0.1) is 6.92 Å². The van der Waals surface area contributed by atoms with Crippen LogP contribution in [0.25, 0.3) is 31.3 Å². The lowest BCUT2D eigenvalue weighted by Gasteiger charge is -2.06. The van der Waals surface area contributed by atoms with Crippen LogP contribution in [0.5, 0.6) is 5.75 Å². The van der Waals surface area contributed by atoms with Crippen LogP contribution in [0.2, 0.25) is 0 Å². The van der Waals surface area contributed by atoms with Gasteiger partial charge in [0, 0.05) is 5.56 Å². The van der Waals surface area contributed by atoms with Gasteiger partial charge in [0.2, 0.25) is 0 Å². The molecule has 0 aliphatic carbocycles. The van der Waals surface area contributed by atoms with Crippen molar-refractivity contribution < 1.29 is 5.11 Å². The van der Waals surface area contributed by atoms with Gasteiger partial charge in [-0.3, -0.25) is 0 Å². The molecule has 0 atom stereocenters. The third-order valence-electron chi connectivity index (χ3n) is 3.30. The normalized spacial score (nSPS) is 11.6. The molecule has 2 aromatic heterocycles. The molecule has 0 saturated heterocycles. The fraction of sp³-hybridized carbons (Fsp3) is 0.0714. The van der Waals surface area contributed by atoms with Gasteiger partial charge in [-0.05, 0) is 19.1 Å². The topological polar surface area (TPSA) is 58.9 Å². The summed E-state index contributed by atoms with van der Waals surface area (Å²) in [6.07, 6.45) is 1.66. The average molecular weight is 267 g/mol. The molecule has 1 N–H and O–H groups in total. The van der Waals surface area contributed by atoms with Crippen molar-refractivity contribution >= 4 is 42.7 Å². The number of rotatable bonds is 0. The largest absolute Gasteiger partial charge is 0.505 e. The summed E-state index contributed by atoms with van der Waals surface area (Å²) >= 11 is 1.63. The Morgan fingerprint density at radius 1 is 1.16 bits per heavy atom. The average Bonchev–Trinajstić information content (AvgIpc) is 2.93. The van der Waals surface area contributed by atoms with E-state index in [0.29, 0.717) is 5.52 Å². The molecule has 2 aromatic carbocycles. The van der Waals surface area contributed by atoms with Crippen LogP contribution in [-0.4, -0.2) is 20.3 Å². The Morgan fingerprint density at radius 3 is 2.89 bits per heavy atom. The predicted octanol–water partition coefficient (Wildman–Crippen LogP) is 3.41. The third kappa shape index (κ3) is 1.36. The van der Waals surface area contributed by atoms with Gasteiger partial charge in [-0.25, -0.2) is 4.98 Å². The number of fused-ring (bicyclic) bond motifs is 4. The second-order valence-electron chi connectivity index (χ2n) is 4.44. The molecule has 0 fully saturated rings. The molecule has 0 amide bonds. The van der Waals surface area contributed by atoms with E-state index < -0.39 is 0 Å². The van der Waals surface area contributed by atoms with Gasteiger partial charge in [0.25, 0.3) is 0 Å². The van der Waals surface area contributed by atoms with Crippen molar-refractivity contribution in [2.75, 3.05) is 0 Å². The number of hydrogen-bond acceptors (Lipinski definition) is 5. The Labute approximate surface area is 112 Å². The number of aromatic nitrogens is 3. The van der Waals surface area contributed by atoms with Gasteiger partial charge in [0.15, 0.2) is 0 Å². The summed E-state index contributed by atoms with van der Waals surface area (Å²) in [7, 11) is 0. The van der Waals surface area contributed by atoms with Gasteiger partial charge in [-0.15, -0.1) is 16.4 Å². The molecule has 92 valence electrons. The quantitative estimate of drug-likeness (QED) is 0.496. The molecule has 0 radical (unpaired) electrons. The molecule has 5 heteroatoms. The maximum Gasteiger partial charge on any atom is 0.148 e. The molecule has 4 nitrogen and oxygen atoms in total. The van der Waals surface area contributed by atoms with E-state index in [4.69, 9.17) is 4.98 Å². The number of hydrogen-bond donors (Lipinski definition) is 1. The van der Waals surface area contributed by atoms with Crippen LogP contribution in [0.4, 0.5) is 0 Å². The minimum atomic E-state index is 0.202. The van der Waals surface area contributed by atoms with Crippen molar-refractivity contribution in [3.63, 3.8) is 0 Å². The number of aromatic hydroxyl groups is 1. The summed E-state index contributed by atoms with van der Waals surface area (Å²) < 4.78 is 2.09. The SMILES string of the molecule is Cc1c(O)c2nncc2c2nc3ccccc3sc12. The van der Waals surface area contributed by atoms with Crippen LogP contribution < -0.4 is 0 Å². The molecule has 19 heavy (non-hydrogen) atoms. The van der Waals surface area contributed by atoms with Gasteiger partial charge >= 0.3 is 0 Å². The summed E-state index contributed by atoms with van der Waals surface area (Å²) in [5.41, 5.74) is 3.15. The van der Waals surface area contributed by atoms with Gasteiger partial charge in [0.1, 0.15) is 11.3 Å². The molecule has 0 aliphatic heterocycles. The van der Waals surface area contributed by atoms with E-state index in [0.717, 1.165) is 31.4 Å². The molecular weight excluding hydrogens is 258 g/mol. The first kappa shape index (κ1) is 10.6. The lowest BCUT2D eigenvalue weighted by molar-refractivity contribution is 0.477. The van der Waals surface area contributed by atoms with Crippen molar-refractivity contribution in [1.29, 1.82) is 0 Å². The van der Waals surface area contributed by atoms with E-state index in [2.05, 4.69) is 10.2 Å². The number of aryl methyl sites for hydroxylation is 1. The van der Waals surface area contributed by atoms with Crippen molar-refractivity contribution in [2.24, 2.45) is 0 Å². The Kier molecular flexibility index (Phi) is 2.02. The van der Waals surface area contributed by atoms with Crippen LogP contribution in [-0.2, 0) is 0 Å². The highest BCUT2D eigenvalue weighted by atomic mass is 32.1. The first-order chi connectivity index (χ1) is 9.25. The van der Waals surface area contributed by atoms with Gasteiger partial charge in [-0.1, -0.05) is 12.1 Å². The predicted molar refractivity (Wildman–Crippen MR) is 76.6 cm³/mol. The molecule has 0 bridgehead atoms. The van der Waals surface area contributed by atoms with Crippen molar-refractivity contribution in [3.8, 4) is 5.75 Å². The molecule has 4 rings (SSSR count). The summed E-state index contributed by atoms with van der Waals surface area (Å²) in [4.78, 5) is 4.70. The Bertz CT molecular complexity index is 946. The third-order valence-corrected chi connectivity index (χ3v) is 4.57. The zero-order valence-electron chi connectivity index (χ0n) is 10.1. The fourth-order valence-electron chi connectivity index (χ4n) is 2.29. The minimum absolute atomic E-state index is 0.202. The standard InChI is InChI=1S/C14H9N3OS/c1-7-13(18)11-8(6-15-17-11)12-14(7)19-10-5-3-2-4-9(10)16-12/h2-6,18H,1H3. The van der Waals surface area contributed by atoms with Crippen LogP contribution >= 0.6 is 11.3 Å². The van der Waals surface area contributed by atoms with E-state index in [1.807, 2.05) is 31.2 Å². The Balaban J connectivity index is 2.34. The van der Waals surface area contributed by atoms with Crippen molar-refractivity contribution in [3.05, 3.63) is 36.0 Å². The van der Waals surface area contributed by atoms with Crippen LogP contribution in [0.1, 0.15) is 5.56 Å². The number of phenols is 1. The highest BCUT2D eigenvalue weighted by Gasteiger charge is 2.15. The molecule has 0 aliphatic rings. The first-order valence-electron chi connectivity index (χ1n) is 5.88. The number of phenolic OH excluding ortho intramolecular Hbond substituents is 1. The highest BCUT2D eigenvalue weighted by Crippen LogP contribution is 2.38. The fourth-order valence-corrected chi connectivity index (χ4v) is 3.38. The van der Waals surface area contributed by atoms with Gasteiger partial charge in [0.05, 0.1) is 32.0 Å². The summed E-state index contributed by atoms with van der Waals surface area (Å²) in [6, 6.07) is 7.99. The van der Waals surface area contributed by atoms with Gasteiger partial charge in [-0.2, -0.15) is 5.10 Å². The van der Waals surface area contributed by atoms with E-state index in [9.17, 15) is 5.11 Å². The van der Waals surface area contributed by atoms with Crippen molar-refractivity contribution in [1.82, 2.24) is 15.2 Å². The number of nitrogens with zero attached hydrogens (tertiary/aromatic N) is 3. The number of para-hydroxylation sites is 1. The molecular formula is C14H9N3OS. The zero-order chi connectivity index (χ0) is 13.0. The highest BCUT2D eigenvalue weighted by molar-refractivity contribution is 7.24. The van der Waals surface area contributed by atoms with E-state index in [1.54, 1.807) is 17.5 Å². The molecule has 0 saturated carbocycles. The summed E-state index contributed by atoms with van der Waals surface area (Å²) in [5, 5.41) is 18.9. The molecule has 4 aromatic rings.